The third-order valence-corrected chi connectivity index (χ3v) is 2.73. The number of aromatic nitrogens is 3. The summed E-state index contributed by atoms with van der Waals surface area (Å²) < 4.78 is 0. The number of nitrogens with zero attached hydrogens (tertiary/aromatic N) is 3. The van der Waals surface area contributed by atoms with Gasteiger partial charge in [0.25, 0.3) is 0 Å². The van der Waals surface area contributed by atoms with Gasteiger partial charge in [0.1, 0.15) is 0 Å². The van der Waals surface area contributed by atoms with Crippen LogP contribution >= 0.6 is 0 Å². The Kier molecular flexibility index (Phi) is 2.86. The lowest BCUT2D eigenvalue weighted by atomic mass is 10.00. The van der Waals surface area contributed by atoms with E-state index in [2.05, 4.69) is 42.9 Å². The maximum absolute atomic E-state index is 4.35. The zero-order valence-corrected chi connectivity index (χ0v) is 10.2. The largest absolute Gasteiger partial charge is 0.264 e. The first kappa shape index (κ1) is 11.0. The van der Waals surface area contributed by atoms with E-state index < -0.39 is 0 Å². The van der Waals surface area contributed by atoms with Gasteiger partial charge in [0, 0.05) is 23.2 Å². The smallest absolute Gasteiger partial charge is 0.0750 e. The standard InChI is InChI=1S/C13H17N3/c1-8(2)12-10-5-6-14-7-11(10)13(9(3)4)16-15-12/h5-9H,1-4H3. The van der Waals surface area contributed by atoms with Crippen molar-refractivity contribution in [2.75, 3.05) is 0 Å². The summed E-state index contributed by atoms with van der Waals surface area (Å²) in [6.45, 7) is 8.54. The van der Waals surface area contributed by atoms with E-state index in [9.17, 15) is 0 Å². The Hall–Kier alpha value is -1.51. The molecular formula is C13H17N3. The van der Waals surface area contributed by atoms with Crippen LogP contribution in [0.3, 0.4) is 0 Å². The summed E-state index contributed by atoms with van der Waals surface area (Å²) in [5.41, 5.74) is 2.09. The maximum atomic E-state index is 4.35. The summed E-state index contributed by atoms with van der Waals surface area (Å²) in [5.74, 6) is 0.763. The highest BCUT2D eigenvalue weighted by atomic mass is 15.1. The van der Waals surface area contributed by atoms with Gasteiger partial charge < -0.3 is 0 Å². The van der Waals surface area contributed by atoms with Gasteiger partial charge in [0.05, 0.1) is 11.4 Å². The molecule has 2 aromatic rings. The highest BCUT2D eigenvalue weighted by Gasteiger charge is 2.13. The number of rotatable bonds is 2. The predicted octanol–water partition coefficient (Wildman–Crippen LogP) is 3.27. The lowest BCUT2D eigenvalue weighted by Gasteiger charge is -2.12. The minimum absolute atomic E-state index is 0.375. The fourth-order valence-corrected chi connectivity index (χ4v) is 1.89. The monoisotopic (exact) mass is 215 g/mol. The van der Waals surface area contributed by atoms with E-state index in [-0.39, 0.29) is 0 Å². The first-order valence-corrected chi connectivity index (χ1v) is 5.71. The van der Waals surface area contributed by atoms with E-state index in [1.807, 2.05) is 18.5 Å². The highest BCUT2D eigenvalue weighted by Crippen LogP contribution is 2.27. The number of pyridine rings is 1. The van der Waals surface area contributed by atoms with Crippen LogP contribution in [0.2, 0.25) is 0 Å². The van der Waals surface area contributed by atoms with Gasteiger partial charge in [-0.3, -0.25) is 4.98 Å². The zero-order valence-electron chi connectivity index (χ0n) is 10.2. The normalized spacial score (nSPS) is 11.6. The average Bonchev–Trinajstić information content (AvgIpc) is 2.27. The first-order valence-electron chi connectivity index (χ1n) is 5.71. The van der Waals surface area contributed by atoms with Crippen molar-refractivity contribution in [1.82, 2.24) is 15.2 Å². The van der Waals surface area contributed by atoms with Crippen LogP contribution < -0.4 is 0 Å². The Morgan fingerprint density at radius 3 is 2.00 bits per heavy atom. The van der Waals surface area contributed by atoms with Crippen LogP contribution in [-0.2, 0) is 0 Å². The molecule has 0 fully saturated rings. The molecular weight excluding hydrogens is 198 g/mol. The lowest BCUT2D eigenvalue weighted by Crippen LogP contribution is -2.03. The Bertz CT molecular complexity index is 457. The molecule has 0 amide bonds. The van der Waals surface area contributed by atoms with Crippen LogP contribution in [0.4, 0.5) is 0 Å². The number of hydrogen-bond acceptors (Lipinski definition) is 3. The molecule has 0 saturated carbocycles. The Balaban J connectivity index is 2.77. The summed E-state index contributed by atoms with van der Waals surface area (Å²) in [7, 11) is 0. The molecule has 3 heteroatoms. The van der Waals surface area contributed by atoms with Gasteiger partial charge in [-0.15, -0.1) is 0 Å². The molecule has 2 heterocycles. The molecule has 0 radical (unpaired) electrons. The van der Waals surface area contributed by atoms with Crippen molar-refractivity contribution in [2.24, 2.45) is 0 Å². The topological polar surface area (TPSA) is 38.7 Å². The minimum Gasteiger partial charge on any atom is -0.264 e. The second-order valence-corrected chi connectivity index (χ2v) is 4.70. The van der Waals surface area contributed by atoms with Gasteiger partial charge in [0.15, 0.2) is 0 Å². The van der Waals surface area contributed by atoms with E-state index in [0.29, 0.717) is 11.8 Å². The second kappa shape index (κ2) is 4.16. The Morgan fingerprint density at radius 1 is 0.875 bits per heavy atom. The quantitative estimate of drug-likeness (QED) is 0.771. The van der Waals surface area contributed by atoms with Gasteiger partial charge in [-0.25, -0.2) is 0 Å². The Labute approximate surface area is 95.9 Å². The van der Waals surface area contributed by atoms with Gasteiger partial charge >= 0.3 is 0 Å². The maximum Gasteiger partial charge on any atom is 0.0750 e. The molecule has 0 N–H and O–H groups in total. The van der Waals surface area contributed by atoms with Crippen molar-refractivity contribution in [3.63, 3.8) is 0 Å². The van der Waals surface area contributed by atoms with Crippen molar-refractivity contribution in [2.45, 2.75) is 39.5 Å². The van der Waals surface area contributed by atoms with E-state index in [1.54, 1.807) is 0 Å². The van der Waals surface area contributed by atoms with Crippen LogP contribution in [0.25, 0.3) is 10.8 Å². The van der Waals surface area contributed by atoms with E-state index in [4.69, 9.17) is 0 Å². The molecule has 2 aromatic heterocycles. The van der Waals surface area contributed by atoms with Crippen LogP contribution in [-0.4, -0.2) is 15.2 Å². The summed E-state index contributed by atoms with van der Waals surface area (Å²) in [4.78, 5) is 4.19. The summed E-state index contributed by atoms with van der Waals surface area (Å²) in [6, 6.07) is 2.03. The van der Waals surface area contributed by atoms with Crippen LogP contribution in [0, 0.1) is 0 Å². The Morgan fingerprint density at radius 2 is 1.44 bits per heavy atom. The lowest BCUT2D eigenvalue weighted by molar-refractivity contribution is 0.749. The molecule has 0 unspecified atom stereocenters. The second-order valence-electron chi connectivity index (χ2n) is 4.70. The highest BCUT2D eigenvalue weighted by molar-refractivity contribution is 5.86. The fourth-order valence-electron chi connectivity index (χ4n) is 1.89. The fraction of sp³-hybridized carbons (Fsp3) is 0.462. The summed E-state index contributed by atoms with van der Waals surface area (Å²) in [5, 5.41) is 11.0. The molecule has 0 aliphatic heterocycles. The van der Waals surface area contributed by atoms with Crippen LogP contribution in [0.1, 0.15) is 50.9 Å². The van der Waals surface area contributed by atoms with Gasteiger partial charge in [-0.05, 0) is 17.9 Å². The molecule has 0 aliphatic carbocycles. The zero-order chi connectivity index (χ0) is 11.7. The molecule has 84 valence electrons. The van der Waals surface area contributed by atoms with E-state index in [1.165, 1.54) is 5.39 Å². The van der Waals surface area contributed by atoms with Crippen molar-refractivity contribution in [3.05, 3.63) is 29.8 Å². The van der Waals surface area contributed by atoms with Gasteiger partial charge in [0.2, 0.25) is 0 Å². The molecule has 0 atom stereocenters. The SMILES string of the molecule is CC(C)c1nnc(C(C)C)c2cnccc12. The van der Waals surface area contributed by atoms with Gasteiger partial charge in [-0.1, -0.05) is 27.7 Å². The van der Waals surface area contributed by atoms with Gasteiger partial charge in [-0.2, -0.15) is 10.2 Å². The number of fused-ring (bicyclic) bond motifs is 1. The van der Waals surface area contributed by atoms with Crippen LogP contribution in [0.5, 0.6) is 0 Å². The molecule has 3 nitrogen and oxygen atoms in total. The molecule has 0 aliphatic rings. The molecule has 0 aromatic carbocycles. The van der Waals surface area contributed by atoms with Crippen molar-refractivity contribution in [3.8, 4) is 0 Å². The van der Waals surface area contributed by atoms with Crippen molar-refractivity contribution in [1.29, 1.82) is 0 Å². The number of hydrogen-bond donors (Lipinski definition) is 0. The van der Waals surface area contributed by atoms with Crippen LogP contribution in [0.15, 0.2) is 18.5 Å². The predicted molar refractivity (Wildman–Crippen MR) is 65.5 cm³/mol. The molecule has 16 heavy (non-hydrogen) atoms. The van der Waals surface area contributed by atoms with Crippen molar-refractivity contribution >= 4 is 10.8 Å². The third kappa shape index (κ3) is 1.77. The summed E-state index contributed by atoms with van der Waals surface area (Å²) >= 11 is 0. The summed E-state index contributed by atoms with van der Waals surface area (Å²) in [6.07, 6.45) is 3.71. The third-order valence-electron chi connectivity index (χ3n) is 2.73. The molecule has 0 saturated heterocycles. The van der Waals surface area contributed by atoms with E-state index in [0.717, 1.165) is 16.8 Å². The minimum atomic E-state index is 0.375. The first-order chi connectivity index (χ1) is 7.61. The average molecular weight is 215 g/mol. The van der Waals surface area contributed by atoms with E-state index >= 15 is 0 Å². The molecule has 2 rings (SSSR count). The molecule has 0 spiro atoms. The van der Waals surface area contributed by atoms with Crippen molar-refractivity contribution < 1.29 is 0 Å². The molecule has 0 bridgehead atoms.